The third kappa shape index (κ3) is 3.97. The molecule has 3 aromatic carbocycles. The Labute approximate surface area is 169 Å². The molecule has 0 bridgehead atoms. The van der Waals surface area contributed by atoms with Crippen LogP contribution in [0.1, 0.15) is 27.0 Å². The van der Waals surface area contributed by atoms with Gasteiger partial charge in [-0.25, -0.2) is 0 Å². The van der Waals surface area contributed by atoms with Crippen LogP contribution < -0.4 is 5.32 Å². The molecule has 3 nitrogen and oxygen atoms in total. The van der Waals surface area contributed by atoms with Crippen LogP contribution in [0.2, 0.25) is 0 Å². The summed E-state index contributed by atoms with van der Waals surface area (Å²) in [4.78, 5) is 17.3. The lowest BCUT2D eigenvalue weighted by molar-refractivity contribution is 0.102. The molecule has 0 aliphatic rings. The number of aromatic amines is 1. The Balaban J connectivity index is 1.63. The van der Waals surface area contributed by atoms with Crippen LogP contribution in [0.5, 0.6) is 0 Å². The van der Waals surface area contributed by atoms with Crippen molar-refractivity contribution < 1.29 is 4.79 Å². The number of carbonyl (C=O) groups is 1. The Bertz CT molecular complexity index is 1110. The van der Waals surface area contributed by atoms with Crippen molar-refractivity contribution in [1.29, 1.82) is 0 Å². The van der Waals surface area contributed by atoms with E-state index < -0.39 is 0 Å². The quantitative estimate of drug-likeness (QED) is 0.394. The lowest BCUT2D eigenvalue weighted by Crippen LogP contribution is -2.11. The smallest absolute Gasteiger partial charge is 0.257 e. The molecule has 1 amide bonds. The summed E-state index contributed by atoms with van der Waals surface area (Å²) in [7, 11) is 0. The second kappa shape index (κ2) is 7.95. The molecule has 4 heteroatoms. The van der Waals surface area contributed by atoms with Crippen LogP contribution in [0.3, 0.4) is 0 Å². The van der Waals surface area contributed by atoms with Crippen molar-refractivity contribution in [3.05, 3.63) is 95.2 Å². The molecule has 0 radical (unpaired) electrons. The summed E-state index contributed by atoms with van der Waals surface area (Å²) in [5.74, 6) is 0.771. The molecule has 140 valence electrons. The van der Waals surface area contributed by atoms with Crippen LogP contribution in [0.25, 0.3) is 10.9 Å². The first-order valence-electron chi connectivity index (χ1n) is 9.26. The zero-order valence-corrected chi connectivity index (χ0v) is 16.8. The number of aryl methyl sites for hydroxylation is 2. The van der Waals surface area contributed by atoms with E-state index in [9.17, 15) is 4.79 Å². The average molecular weight is 387 g/mol. The summed E-state index contributed by atoms with van der Waals surface area (Å²) in [6.07, 6.45) is 1.80. The van der Waals surface area contributed by atoms with Crippen molar-refractivity contribution >= 4 is 34.3 Å². The van der Waals surface area contributed by atoms with Gasteiger partial charge >= 0.3 is 0 Å². The lowest BCUT2D eigenvalue weighted by Gasteiger charge is -2.09. The summed E-state index contributed by atoms with van der Waals surface area (Å²) in [6.45, 7) is 4.07. The van der Waals surface area contributed by atoms with Gasteiger partial charge in [0, 0.05) is 33.4 Å². The normalized spacial score (nSPS) is 10.9. The summed E-state index contributed by atoms with van der Waals surface area (Å²) >= 11 is 1.75. The fourth-order valence-electron chi connectivity index (χ4n) is 3.43. The minimum atomic E-state index is -0.0935. The Hall–Kier alpha value is -2.98. The van der Waals surface area contributed by atoms with Gasteiger partial charge in [0.25, 0.3) is 5.91 Å². The second-order valence-corrected chi connectivity index (χ2v) is 8.00. The predicted molar refractivity (Wildman–Crippen MR) is 118 cm³/mol. The van der Waals surface area contributed by atoms with Gasteiger partial charge in [0.05, 0.1) is 5.56 Å². The van der Waals surface area contributed by atoms with Gasteiger partial charge in [0.2, 0.25) is 0 Å². The molecule has 0 saturated carbocycles. The molecule has 0 spiro atoms. The van der Waals surface area contributed by atoms with Gasteiger partial charge < -0.3 is 10.3 Å². The van der Waals surface area contributed by atoms with Crippen molar-refractivity contribution in [2.24, 2.45) is 0 Å². The molecule has 0 saturated heterocycles. The summed E-state index contributed by atoms with van der Waals surface area (Å²) in [5.41, 5.74) is 6.00. The number of rotatable bonds is 5. The predicted octanol–water partition coefficient (Wildman–Crippen LogP) is 6.33. The maximum absolute atomic E-state index is 13.0. The third-order valence-electron chi connectivity index (χ3n) is 4.63. The zero-order chi connectivity index (χ0) is 19.5. The van der Waals surface area contributed by atoms with Gasteiger partial charge in [0.1, 0.15) is 0 Å². The SMILES string of the molecule is Cc1cc(C)cc(NC(=O)c2c[nH]c3cccc(SCc4ccccc4)c23)c1. The van der Waals surface area contributed by atoms with Crippen LogP contribution in [0, 0.1) is 13.8 Å². The molecule has 4 rings (SSSR count). The van der Waals surface area contributed by atoms with Crippen molar-refractivity contribution in [2.45, 2.75) is 24.5 Å². The third-order valence-corrected chi connectivity index (χ3v) is 5.76. The van der Waals surface area contributed by atoms with E-state index in [2.05, 4.69) is 46.7 Å². The molecule has 4 aromatic rings. The van der Waals surface area contributed by atoms with Crippen LogP contribution in [0.4, 0.5) is 5.69 Å². The van der Waals surface area contributed by atoms with Crippen LogP contribution >= 0.6 is 11.8 Å². The van der Waals surface area contributed by atoms with E-state index in [1.54, 1.807) is 18.0 Å². The maximum Gasteiger partial charge on any atom is 0.257 e. The zero-order valence-electron chi connectivity index (χ0n) is 16.0. The fourth-order valence-corrected chi connectivity index (χ4v) is 4.48. The molecule has 0 unspecified atom stereocenters. The Kier molecular flexibility index (Phi) is 5.22. The van der Waals surface area contributed by atoms with Crippen molar-refractivity contribution in [3.8, 4) is 0 Å². The van der Waals surface area contributed by atoms with Crippen LogP contribution in [-0.4, -0.2) is 10.9 Å². The number of hydrogen-bond acceptors (Lipinski definition) is 2. The molecule has 1 aromatic heterocycles. The molecular weight excluding hydrogens is 364 g/mol. The standard InChI is InChI=1S/C24H22N2OS/c1-16-11-17(2)13-19(12-16)26-24(27)20-14-25-21-9-6-10-22(23(20)21)28-15-18-7-4-3-5-8-18/h3-14,25H,15H2,1-2H3,(H,26,27). The Morgan fingerprint density at radius 1 is 0.964 bits per heavy atom. The van der Waals surface area contributed by atoms with E-state index in [4.69, 9.17) is 0 Å². The average Bonchev–Trinajstić information content (AvgIpc) is 3.11. The van der Waals surface area contributed by atoms with E-state index in [1.165, 1.54) is 5.56 Å². The first kappa shape index (κ1) is 18.4. The number of benzene rings is 3. The molecule has 0 fully saturated rings. The van der Waals surface area contributed by atoms with E-state index in [-0.39, 0.29) is 5.91 Å². The molecule has 0 atom stereocenters. The minimum absolute atomic E-state index is 0.0935. The first-order chi connectivity index (χ1) is 13.6. The van der Waals surface area contributed by atoms with Crippen molar-refractivity contribution in [3.63, 3.8) is 0 Å². The highest BCUT2D eigenvalue weighted by molar-refractivity contribution is 7.98. The Morgan fingerprint density at radius 3 is 2.46 bits per heavy atom. The first-order valence-corrected chi connectivity index (χ1v) is 10.3. The number of aromatic nitrogens is 1. The van der Waals surface area contributed by atoms with Crippen molar-refractivity contribution in [2.75, 3.05) is 5.32 Å². The molecule has 0 aliphatic carbocycles. The number of H-pyrrole nitrogens is 1. The van der Waals surface area contributed by atoms with Gasteiger partial charge in [-0.15, -0.1) is 11.8 Å². The number of anilines is 1. The van der Waals surface area contributed by atoms with Crippen LogP contribution in [0.15, 0.2) is 77.8 Å². The highest BCUT2D eigenvalue weighted by Crippen LogP contribution is 2.33. The van der Waals surface area contributed by atoms with Gasteiger partial charge in [-0.05, 0) is 54.8 Å². The monoisotopic (exact) mass is 386 g/mol. The van der Waals surface area contributed by atoms with E-state index in [0.29, 0.717) is 5.56 Å². The lowest BCUT2D eigenvalue weighted by atomic mass is 10.1. The number of hydrogen-bond donors (Lipinski definition) is 2. The van der Waals surface area contributed by atoms with Gasteiger partial charge in [-0.2, -0.15) is 0 Å². The summed E-state index contributed by atoms with van der Waals surface area (Å²) in [5, 5.41) is 4.03. The van der Waals surface area contributed by atoms with Gasteiger partial charge in [-0.3, -0.25) is 4.79 Å². The van der Waals surface area contributed by atoms with E-state index >= 15 is 0 Å². The molecule has 1 heterocycles. The summed E-state index contributed by atoms with van der Waals surface area (Å²) in [6, 6.07) is 22.6. The number of fused-ring (bicyclic) bond motifs is 1. The van der Waals surface area contributed by atoms with Crippen molar-refractivity contribution in [1.82, 2.24) is 4.98 Å². The Morgan fingerprint density at radius 2 is 1.71 bits per heavy atom. The number of thioether (sulfide) groups is 1. The van der Waals surface area contributed by atoms with E-state index in [1.807, 2.05) is 44.2 Å². The fraction of sp³-hybridized carbons (Fsp3) is 0.125. The molecule has 0 aliphatic heterocycles. The second-order valence-electron chi connectivity index (χ2n) is 6.99. The summed E-state index contributed by atoms with van der Waals surface area (Å²) < 4.78 is 0. The van der Waals surface area contributed by atoms with E-state index in [0.717, 1.165) is 38.4 Å². The minimum Gasteiger partial charge on any atom is -0.360 e. The number of carbonyl (C=O) groups excluding carboxylic acids is 1. The van der Waals surface area contributed by atoms with Gasteiger partial charge in [-0.1, -0.05) is 42.5 Å². The topological polar surface area (TPSA) is 44.9 Å². The maximum atomic E-state index is 13.0. The number of amides is 1. The molecule has 2 N–H and O–H groups in total. The largest absolute Gasteiger partial charge is 0.360 e. The molecule has 28 heavy (non-hydrogen) atoms. The van der Waals surface area contributed by atoms with Gasteiger partial charge in [0.15, 0.2) is 0 Å². The molecular formula is C24H22N2OS. The number of nitrogens with one attached hydrogen (secondary N) is 2. The highest BCUT2D eigenvalue weighted by Gasteiger charge is 2.16. The highest BCUT2D eigenvalue weighted by atomic mass is 32.2. The van der Waals surface area contributed by atoms with Crippen LogP contribution in [-0.2, 0) is 5.75 Å².